The number of unbranched alkanes of at least 4 members (excludes halogenated alkanes) is 5. The van der Waals surface area contributed by atoms with Gasteiger partial charge in [-0.25, -0.2) is 43.6 Å². The SMILES string of the molecule is CC(C)(C)OC(=O)N=C(N(CCCCCCCCN=C(NC(=O)OC(C)(C)C)NC(=O)OC(C)(C)C)C(=O)OC(C)(C)C)N(CCOc1ccc(C2=NCCCN2C(=O)OC(C)(C)C)nc1)C(=O)OC(C)(C)C. The van der Waals surface area contributed by atoms with Crippen molar-refractivity contribution in [1.29, 1.82) is 0 Å². The number of nitrogens with zero attached hydrogens (tertiary/aromatic N) is 7. The topological polar surface area (TPSA) is 251 Å². The van der Waals surface area contributed by atoms with Crippen molar-refractivity contribution in [3.05, 3.63) is 24.0 Å². The van der Waals surface area contributed by atoms with Crippen LogP contribution >= 0.6 is 0 Å². The number of guanidine groups is 2. The zero-order valence-electron chi connectivity index (χ0n) is 46.9. The number of ether oxygens (including phenoxy) is 7. The Labute approximate surface area is 432 Å². The van der Waals surface area contributed by atoms with Crippen LogP contribution in [-0.4, -0.2) is 147 Å². The average Bonchev–Trinajstić information content (AvgIpc) is 3.18. The van der Waals surface area contributed by atoms with Crippen LogP contribution in [0.4, 0.5) is 28.8 Å². The van der Waals surface area contributed by atoms with Crippen LogP contribution in [-0.2, 0) is 28.4 Å². The van der Waals surface area contributed by atoms with Gasteiger partial charge in [-0.3, -0.25) is 25.5 Å². The molecule has 0 atom stereocenters. The van der Waals surface area contributed by atoms with E-state index in [2.05, 4.69) is 30.6 Å². The summed E-state index contributed by atoms with van der Waals surface area (Å²) in [6.45, 7) is 31.5. The van der Waals surface area contributed by atoms with E-state index in [1.165, 1.54) is 11.1 Å². The van der Waals surface area contributed by atoms with E-state index in [9.17, 15) is 28.8 Å². The van der Waals surface area contributed by atoms with E-state index >= 15 is 0 Å². The van der Waals surface area contributed by atoms with Gasteiger partial charge in [-0.15, -0.1) is 4.99 Å². The first-order valence-electron chi connectivity index (χ1n) is 24.9. The number of pyridine rings is 1. The first kappa shape index (κ1) is 62.9. The molecule has 1 aliphatic heterocycles. The Morgan fingerprint density at radius 2 is 1.08 bits per heavy atom. The predicted molar refractivity (Wildman–Crippen MR) is 277 cm³/mol. The number of nitrogens with one attached hydrogen (secondary N) is 2. The van der Waals surface area contributed by atoms with E-state index in [1.54, 1.807) is 137 Å². The Bertz CT molecular complexity index is 2070. The highest BCUT2D eigenvalue weighted by molar-refractivity contribution is 6.06. The molecule has 0 spiro atoms. The minimum absolute atomic E-state index is 0.0212. The monoisotopic (exact) mass is 1030 g/mol. The Hall–Kier alpha value is -6.22. The van der Waals surface area contributed by atoms with Crippen molar-refractivity contribution in [2.24, 2.45) is 15.0 Å². The van der Waals surface area contributed by atoms with Gasteiger partial charge in [0.05, 0.1) is 12.7 Å². The first-order chi connectivity index (χ1) is 33.4. The number of hydrogen-bond acceptors (Lipinski definition) is 16. The highest BCUT2D eigenvalue weighted by Gasteiger charge is 2.36. The van der Waals surface area contributed by atoms with Crippen LogP contribution in [0.15, 0.2) is 33.3 Å². The average molecular weight is 1030 g/mol. The molecule has 1 aromatic rings. The number of amidine groups is 1. The molecule has 22 nitrogen and oxygen atoms in total. The lowest BCUT2D eigenvalue weighted by molar-refractivity contribution is 0.0257. The molecule has 0 saturated carbocycles. The van der Waals surface area contributed by atoms with Gasteiger partial charge in [-0.1, -0.05) is 25.7 Å². The van der Waals surface area contributed by atoms with Crippen molar-refractivity contribution in [2.45, 2.75) is 203 Å². The first-order valence-corrected chi connectivity index (χ1v) is 24.9. The molecule has 1 aliphatic rings. The Morgan fingerprint density at radius 1 is 0.603 bits per heavy atom. The van der Waals surface area contributed by atoms with E-state index in [1.807, 2.05) is 0 Å². The quantitative estimate of drug-likeness (QED) is 0.0761. The number of aliphatic imine (C=N–C) groups is 3. The van der Waals surface area contributed by atoms with Gasteiger partial charge in [0.2, 0.25) is 11.9 Å². The Kier molecular flexibility index (Phi) is 23.4. The van der Waals surface area contributed by atoms with Crippen LogP contribution < -0.4 is 15.4 Å². The molecule has 1 aromatic heterocycles. The number of carbonyl (C=O) groups excluding carboxylic acids is 6. The molecular weight excluding hydrogens is 947 g/mol. The van der Waals surface area contributed by atoms with Crippen molar-refractivity contribution in [1.82, 2.24) is 30.3 Å². The fourth-order valence-corrected chi connectivity index (χ4v) is 6.18. The molecule has 0 bridgehead atoms. The van der Waals surface area contributed by atoms with E-state index in [0.29, 0.717) is 56.1 Å². The maximum Gasteiger partial charge on any atom is 0.437 e. The summed E-state index contributed by atoms with van der Waals surface area (Å²) >= 11 is 0. The second-order valence-corrected chi connectivity index (χ2v) is 23.2. The number of carbonyl (C=O) groups is 6. The molecule has 0 aliphatic carbocycles. The van der Waals surface area contributed by atoms with Crippen LogP contribution in [0.2, 0.25) is 0 Å². The van der Waals surface area contributed by atoms with Crippen molar-refractivity contribution < 1.29 is 61.9 Å². The molecule has 2 N–H and O–H groups in total. The summed E-state index contributed by atoms with van der Waals surface area (Å²) in [4.78, 5) is 101. The lowest BCUT2D eigenvalue weighted by Crippen LogP contribution is -2.53. The van der Waals surface area contributed by atoms with Crippen LogP contribution in [0.1, 0.15) is 175 Å². The summed E-state index contributed by atoms with van der Waals surface area (Å²) in [6.07, 6.45) is 1.03. The van der Waals surface area contributed by atoms with Crippen LogP contribution in [0, 0.1) is 0 Å². The maximum atomic E-state index is 14.2. The maximum absolute atomic E-state index is 14.2. The third-order valence-corrected chi connectivity index (χ3v) is 8.81. The molecule has 2 heterocycles. The van der Waals surface area contributed by atoms with Crippen molar-refractivity contribution in [3.8, 4) is 5.75 Å². The summed E-state index contributed by atoms with van der Waals surface area (Å²) in [5, 5.41) is 4.95. The minimum atomic E-state index is -1.07. The molecule has 6 amide bonds. The van der Waals surface area contributed by atoms with E-state index in [0.717, 1.165) is 29.1 Å². The lowest BCUT2D eigenvalue weighted by atomic mass is 10.1. The largest absolute Gasteiger partial charge is 0.490 e. The fourth-order valence-electron chi connectivity index (χ4n) is 6.18. The zero-order chi connectivity index (χ0) is 55.6. The molecule has 412 valence electrons. The van der Waals surface area contributed by atoms with Crippen molar-refractivity contribution in [3.63, 3.8) is 0 Å². The summed E-state index contributed by atoms with van der Waals surface area (Å²) < 4.78 is 39.5. The summed E-state index contributed by atoms with van der Waals surface area (Å²) in [5.74, 6) is 0.188. The van der Waals surface area contributed by atoms with Crippen LogP contribution in [0.25, 0.3) is 0 Å². The van der Waals surface area contributed by atoms with E-state index in [4.69, 9.17) is 33.2 Å². The lowest BCUT2D eigenvalue weighted by Gasteiger charge is -2.34. The van der Waals surface area contributed by atoms with Gasteiger partial charge in [-0.05, 0) is 156 Å². The van der Waals surface area contributed by atoms with Gasteiger partial charge in [0.15, 0.2) is 5.84 Å². The number of aromatic nitrogens is 1. The highest BCUT2D eigenvalue weighted by Crippen LogP contribution is 2.21. The highest BCUT2D eigenvalue weighted by atomic mass is 16.6. The number of amides is 6. The molecule has 2 rings (SSSR count). The van der Waals surface area contributed by atoms with Gasteiger partial charge in [0.1, 0.15) is 51.7 Å². The van der Waals surface area contributed by atoms with Gasteiger partial charge in [0, 0.05) is 26.2 Å². The molecular formula is C51H85N9O13. The standard InChI is InChI=1S/C51H85N9O13/c1-46(2,3)68-40(61)55-38(56-41(62)69-47(4,5)6)53-28-23-21-19-20-22-24-30-59(44(65)72-50(13,14)15)39(57-42(63)70-48(7,8)9)60(45(66)73-51(16,17)18)32-33-67-35-26-27-36(54-34-35)37-52-29-25-31-58(37)43(64)71-49(10,11)12/h26-27,34H,19-25,28-33H2,1-18H3,(H2,53,55,56,61,62). The normalized spacial score (nSPS) is 13.6. The number of hydrogen-bond donors (Lipinski definition) is 2. The van der Waals surface area contributed by atoms with Crippen LogP contribution in [0.5, 0.6) is 5.75 Å². The number of alkyl carbamates (subject to hydrolysis) is 2. The molecule has 0 unspecified atom stereocenters. The van der Waals surface area contributed by atoms with Crippen molar-refractivity contribution >= 4 is 54.3 Å². The second-order valence-electron chi connectivity index (χ2n) is 23.2. The molecule has 0 radical (unpaired) electrons. The molecule has 0 fully saturated rings. The summed E-state index contributed by atoms with van der Waals surface area (Å²) in [6, 6.07) is 3.30. The van der Waals surface area contributed by atoms with Gasteiger partial charge in [-0.2, -0.15) is 0 Å². The van der Waals surface area contributed by atoms with Crippen LogP contribution in [0.3, 0.4) is 0 Å². The van der Waals surface area contributed by atoms with Gasteiger partial charge in [0.25, 0.3) is 0 Å². The molecule has 0 saturated heterocycles. The molecule has 22 heteroatoms. The molecule has 73 heavy (non-hydrogen) atoms. The zero-order valence-corrected chi connectivity index (χ0v) is 46.9. The summed E-state index contributed by atoms with van der Waals surface area (Å²) in [5.41, 5.74) is -4.80. The number of rotatable bonds is 14. The van der Waals surface area contributed by atoms with Gasteiger partial charge < -0.3 is 33.2 Å². The van der Waals surface area contributed by atoms with E-state index < -0.39 is 70.2 Å². The van der Waals surface area contributed by atoms with Gasteiger partial charge >= 0.3 is 36.6 Å². The Balaban J connectivity index is 2.36. The smallest absolute Gasteiger partial charge is 0.437 e. The van der Waals surface area contributed by atoms with Crippen molar-refractivity contribution in [2.75, 3.05) is 39.3 Å². The minimum Gasteiger partial charge on any atom is -0.490 e. The Morgan fingerprint density at radius 3 is 1.56 bits per heavy atom. The summed E-state index contributed by atoms with van der Waals surface area (Å²) in [7, 11) is 0. The third-order valence-electron chi connectivity index (χ3n) is 8.81. The third kappa shape index (κ3) is 27.4. The molecule has 0 aromatic carbocycles. The van der Waals surface area contributed by atoms with E-state index in [-0.39, 0.29) is 38.2 Å². The predicted octanol–water partition coefficient (Wildman–Crippen LogP) is 10.4. The fraction of sp³-hybridized carbons (Fsp3) is 0.725. The second kappa shape index (κ2) is 27.2.